The topological polar surface area (TPSA) is 109 Å². The molecule has 0 bridgehead atoms. The zero-order valence-corrected chi connectivity index (χ0v) is 11.2. The number of nitrogens with zero attached hydrogens (tertiary/aromatic N) is 4. The van der Waals surface area contributed by atoms with Crippen molar-refractivity contribution in [2.24, 2.45) is 5.73 Å². The van der Waals surface area contributed by atoms with Gasteiger partial charge in [0.1, 0.15) is 11.4 Å². The molecule has 1 atom stereocenters. The standard InChI is InChI=1S/C12H15N5O3/c1-3-9(13)10-7-16(15-14-10)11-5-4-8(20-2)6-12(11)17(18)19/h4-7,9H,3,13H2,1-2H3. The minimum absolute atomic E-state index is 0.106. The molecule has 0 saturated carbocycles. The number of ether oxygens (including phenoxy) is 1. The lowest BCUT2D eigenvalue weighted by Crippen LogP contribution is -2.08. The molecule has 0 aliphatic carbocycles. The number of hydrogen-bond donors (Lipinski definition) is 1. The fraction of sp³-hybridized carbons (Fsp3) is 0.333. The van der Waals surface area contributed by atoms with Crippen LogP contribution >= 0.6 is 0 Å². The lowest BCUT2D eigenvalue weighted by molar-refractivity contribution is -0.384. The molecule has 0 spiro atoms. The highest BCUT2D eigenvalue weighted by Crippen LogP contribution is 2.27. The Morgan fingerprint density at radius 2 is 2.30 bits per heavy atom. The normalized spacial score (nSPS) is 12.2. The average molecular weight is 277 g/mol. The summed E-state index contributed by atoms with van der Waals surface area (Å²) in [5, 5.41) is 19.0. The average Bonchev–Trinajstić information content (AvgIpc) is 2.95. The first-order chi connectivity index (χ1) is 9.56. The van der Waals surface area contributed by atoms with E-state index in [4.69, 9.17) is 10.5 Å². The highest BCUT2D eigenvalue weighted by molar-refractivity contribution is 5.55. The van der Waals surface area contributed by atoms with Gasteiger partial charge in [-0.1, -0.05) is 12.1 Å². The molecule has 2 aromatic rings. The van der Waals surface area contributed by atoms with Crippen LogP contribution in [0.3, 0.4) is 0 Å². The fourth-order valence-corrected chi connectivity index (χ4v) is 1.74. The number of hydrogen-bond acceptors (Lipinski definition) is 6. The van der Waals surface area contributed by atoms with E-state index < -0.39 is 4.92 Å². The van der Waals surface area contributed by atoms with E-state index in [1.807, 2.05) is 6.92 Å². The Balaban J connectivity index is 2.46. The monoisotopic (exact) mass is 277 g/mol. The smallest absolute Gasteiger partial charge is 0.298 e. The maximum absolute atomic E-state index is 11.1. The summed E-state index contributed by atoms with van der Waals surface area (Å²) in [6, 6.07) is 4.30. The Morgan fingerprint density at radius 1 is 1.55 bits per heavy atom. The van der Waals surface area contributed by atoms with Crippen molar-refractivity contribution in [2.75, 3.05) is 7.11 Å². The molecule has 20 heavy (non-hydrogen) atoms. The van der Waals surface area contributed by atoms with Crippen LogP contribution < -0.4 is 10.5 Å². The van der Waals surface area contributed by atoms with Crippen LogP contribution in [0.5, 0.6) is 5.75 Å². The van der Waals surface area contributed by atoms with E-state index in [-0.39, 0.29) is 11.7 Å². The van der Waals surface area contributed by atoms with Crippen LogP contribution in [0.1, 0.15) is 25.1 Å². The molecule has 1 aromatic heterocycles. The van der Waals surface area contributed by atoms with Crippen LogP contribution in [0.25, 0.3) is 5.69 Å². The summed E-state index contributed by atoms with van der Waals surface area (Å²) < 4.78 is 6.34. The molecule has 1 heterocycles. The number of nitro benzene ring substituents is 1. The summed E-state index contributed by atoms with van der Waals surface area (Å²) in [6.07, 6.45) is 2.31. The van der Waals surface area contributed by atoms with Gasteiger partial charge < -0.3 is 10.5 Å². The van der Waals surface area contributed by atoms with Gasteiger partial charge in [0, 0.05) is 0 Å². The second-order valence-electron chi connectivity index (χ2n) is 4.21. The van der Waals surface area contributed by atoms with Gasteiger partial charge in [0.2, 0.25) is 0 Å². The Hall–Kier alpha value is -2.48. The van der Waals surface area contributed by atoms with Gasteiger partial charge in [-0.2, -0.15) is 0 Å². The van der Waals surface area contributed by atoms with E-state index in [2.05, 4.69) is 10.3 Å². The zero-order chi connectivity index (χ0) is 14.7. The number of methoxy groups -OCH3 is 1. The van der Waals surface area contributed by atoms with E-state index in [0.29, 0.717) is 23.6 Å². The van der Waals surface area contributed by atoms with E-state index in [1.165, 1.54) is 17.9 Å². The van der Waals surface area contributed by atoms with Crippen molar-refractivity contribution in [3.05, 3.63) is 40.2 Å². The van der Waals surface area contributed by atoms with Crippen LogP contribution in [0, 0.1) is 10.1 Å². The first kappa shape index (κ1) is 13.9. The van der Waals surface area contributed by atoms with E-state index >= 15 is 0 Å². The molecule has 1 aromatic carbocycles. The molecule has 0 aliphatic heterocycles. The number of rotatable bonds is 5. The molecule has 0 aliphatic rings. The van der Waals surface area contributed by atoms with Crippen molar-refractivity contribution in [3.63, 3.8) is 0 Å². The lowest BCUT2D eigenvalue weighted by Gasteiger charge is -2.05. The molecule has 0 fully saturated rings. The molecule has 2 N–H and O–H groups in total. The van der Waals surface area contributed by atoms with Crippen LogP contribution in [0.4, 0.5) is 5.69 Å². The van der Waals surface area contributed by atoms with Gasteiger partial charge in [-0.05, 0) is 18.6 Å². The van der Waals surface area contributed by atoms with Crippen molar-refractivity contribution in [3.8, 4) is 11.4 Å². The number of nitrogens with two attached hydrogens (primary N) is 1. The van der Waals surface area contributed by atoms with Crippen LogP contribution in [0.2, 0.25) is 0 Å². The minimum Gasteiger partial charge on any atom is -0.496 e. The molecule has 8 heteroatoms. The number of aromatic nitrogens is 3. The highest BCUT2D eigenvalue weighted by Gasteiger charge is 2.19. The van der Waals surface area contributed by atoms with Gasteiger partial charge in [0.25, 0.3) is 5.69 Å². The molecular formula is C12H15N5O3. The summed E-state index contributed by atoms with van der Waals surface area (Å²) in [6.45, 7) is 1.93. The SMILES string of the molecule is CCC(N)c1cn(-c2ccc(OC)cc2[N+](=O)[O-])nn1. The fourth-order valence-electron chi connectivity index (χ4n) is 1.74. The largest absolute Gasteiger partial charge is 0.496 e. The minimum atomic E-state index is -0.487. The van der Waals surface area contributed by atoms with Crippen molar-refractivity contribution in [2.45, 2.75) is 19.4 Å². The predicted octanol–water partition coefficient (Wildman–Crippen LogP) is 1.59. The van der Waals surface area contributed by atoms with Gasteiger partial charge in [-0.25, -0.2) is 4.68 Å². The quantitative estimate of drug-likeness (QED) is 0.656. The van der Waals surface area contributed by atoms with Gasteiger partial charge in [-0.3, -0.25) is 10.1 Å². The van der Waals surface area contributed by atoms with Crippen molar-refractivity contribution >= 4 is 5.69 Å². The molecule has 8 nitrogen and oxygen atoms in total. The first-order valence-corrected chi connectivity index (χ1v) is 6.07. The maximum atomic E-state index is 11.1. The van der Waals surface area contributed by atoms with Gasteiger partial charge >= 0.3 is 0 Å². The summed E-state index contributed by atoms with van der Waals surface area (Å²) >= 11 is 0. The van der Waals surface area contributed by atoms with Gasteiger partial charge in [0.05, 0.1) is 36.0 Å². The van der Waals surface area contributed by atoms with Crippen molar-refractivity contribution < 1.29 is 9.66 Å². The molecule has 0 amide bonds. The van der Waals surface area contributed by atoms with E-state index in [9.17, 15) is 10.1 Å². The molecule has 1 unspecified atom stereocenters. The third-order valence-corrected chi connectivity index (χ3v) is 2.96. The summed E-state index contributed by atoms with van der Waals surface area (Å²) in [5.74, 6) is 0.408. The molecule has 0 saturated heterocycles. The van der Waals surface area contributed by atoms with Crippen molar-refractivity contribution in [1.82, 2.24) is 15.0 Å². The number of benzene rings is 1. The third-order valence-electron chi connectivity index (χ3n) is 2.96. The van der Waals surface area contributed by atoms with Gasteiger partial charge in [0.15, 0.2) is 0 Å². The van der Waals surface area contributed by atoms with E-state index in [0.717, 1.165) is 0 Å². The maximum Gasteiger partial charge on any atom is 0.298 e. The number of nitro groups is 1. The van der Waals surface area contributed by atoms with Crippen LogP contribution in [-0.4, -0.2) is 27.0 Å². The Morgan fingerprint density at radius 3 is 2.90 bits per heavy atom. The summed E-state index contributed by atoms with van der Waals surface area (Å²) in [5.41, 5.74) is 6.67. The predicted molar refractivity (Wildman–Crippen MR) is 71.8 cm³/mol. The van der Waals surface area contributed by atoms with Gasteiger partial charge in [-0.15, -0.1) is 5.10 Å². The summed E-state index contributed by atoms with van der Waals surface area (Å²) in [7, 11) is 1.45. The lowest BCUT2D eigenvalue weighted by atomic mass is 10.2. The second kappa shape index (κ2) is 5.66. The molecule has 106 valence electrons. The Labute approximate surface area is 115 Å². The Kier molecular flexibility index (Phi) is 3.94. The highest BCUT2D eigenvalue weighted by atomic mass is 16.6. The van der Waals surface area contributed by atoms with Crippen LogP contribution in [-0.2, 0) is 0 Å². The summed E-state index contributed by atoms with van der Waals surface area (Å²) in [4.78, 5) is 10.6. The Bertz CT molecular complexity index is 625. The van der Waals surface area contributed by atoms with Crippen molar-refractivity contribution in [1.29, 1.82) is 0 Å². The zero-order valence-electron chi connectivity index (χ0n) is 11.2. The first-order valence-electron chi connectivity index (χ1n) is 6.07. The van der Waals surface area contributed by atoms with Crippen LogP contribution in [0.15, 0.2) is 24.4 Å². The third kappa shape index (κ3) is 2.59. The molecule has 0 radical (unpaired) electrons. The van der Waals surface area contributed by atoms with E-state index in [1.54, 1.807) is 18.3 Å². The second-order valence-corrected chi connectivity index (χ2v) is 4.21. The molecular weight excluding hydrogens is 262 g/mol. The molecule has 2 rings (SSSR count).